The van der Waals surface area contributed by atoms with Gasteiger partial charge in [0.15, 0.2) is 18.6 Å². The molecule has 19 heavy (non-hydrogen) atoms. The predicted molar refractivity (Wildman–Crippen MR) is 64.9 cm³/mol. The number of carbonyl (C=O) groups excluding carboxylic acids is 2. The van der Waals surface area contributed by atoms with Gasteiger partial charge in [0.25, 0.3) is 0 Å². The van der Waals surface area contributed by atoms with Gasteiger partial charge >= 0.3 is 11.9 Å². The quantitative estimate of drug-likeness (QED) is 0.566. The Bertz CT molecular complexity index is 324. The number of ether oxygens (including phenoxy) is 2. The molecule has 3 unspecified atom stereocenters. The van der Waals surface area contributed by atoms with Crippen molar-refractivity contribution >= 4 is 11.9 Å². The molecule has 0 bridgehead atoms. The lowest BCUT2D eigenvalue weighted by Crippen LogP contribution is -2.35. The van der Waals surface area contributed by atoms with Crippen molar-refractivity contribution < 1.29 is 24.2 Å². The van der Waals surface area contributed by atoms with Gasteiger partial charge in [-0.2, -0.15) is 0 Å². The first-order valence-corrected chi connectivity index (χ1v) is 6.70. The minimum atomic E-state index is -1.46. The predicted octanol–water partition coefficient (Wildman–Crippen LogP) is -0.757. The Kier molecular flexibility index (Phi) is 5.12. The molecule has 0 saturated carbocycles. The summed E-state index contributed by atoms with van der Waals surface area (Å²) < 4.78 is 10.1. The lowest BCUT2D eigenvalue weighted by atomic mass is 10.2. The van der Waals surface area contributed by atoms with Crippen LogP contribution in [0.4, 0.5) is 0 Å². The zero-order valence-electron chi connectivity index (χ0n) is 10.8. The number of aliphatic hydroxyl groups excluding tert-OH is 1. The van der Waals surface area contributed by atoms with E-state index in [-0.39, 0.29) is 18.9 Å². The fourth-order valence-electron chi connectivity index (χ4n) is 2.17. The molecule has 0 amide bonds. The minimum absolute atomic E-state index is 0.299. The molecule has 2 heterocycles. The molecule has 0 aliphatic carbocycles. The summed E-state index contributed by atoms with van der Waals surface area (Å²) in [6.07, 6.45) is 0.897. The third kappa shape index (κ3) is 4.45. The number of nitrogens with one attached hydrogen (secondary N) is 2. The number of esters is 2. The average Bonchev–Trinajstić information content (AvgIpc) is 3.01. The van der Waals surface area contributed by atoms with Gasteiger partial charge in [-0.1, -0.05) is 0 Å². The van der Waals surface area contributed by atoms with Crippen LogP contribution in [-0.2, 0) is 19.1 Å². The maximum Gasteiger partial charge on any atom is 0.337 e. The van der Waals surface area contributed by atoms with E-state index >= 15 is 0 Å². The molecule has 108 valence electrons. The van der Waals surface area contributed by atoms with Crippen molar-refractivity contribution in [3.63, 3.8) is 0 Å². The highest BCUT2D eigenvalue weighted by atomic mass is 16.6. The minimum Gasteiger partial charge on any atom is -0.446 e. The van der Waals surface area contributed by atoms with Crippen LogP contribution in [0.5, 0.6) is 0 Å². The standard InChI is InChI=1S/C12H20N2O5/c15-8(12(17)19-10-4-2-6-14-10)7-11(16)18-9-3-1-5-13-9/h8-10,13-15H,1-7H2. The third-order valence-electron chi connectivity index (χ3n) is 3.19. The maximum absolute atomic E-state index is 11.5. The largest absolute Gasteiger partial charge is 0.446 e. The summed E-state index contributed by atoms with van der Waals surface area (Å²) in [5, 5.41) is 15.6. The van der Waals surface area contributed by atoms with Crippen LogP contribution < -0.4 is 10.6 Å². The topological polar surface area (TPSA) is 96.9 Å². The summed E-state index contributed by atoms with van der Waals surface area (Å²) in [5.74, 6) is -1.38. The van der Waals surface area contributed by atoms with Crippen molar-refractivity contribution in [3.8, 4) is 0 Å². The van der Waals surface area contributed by atoms with Crippen LogP contribution in [-0.4, -0.2) is 48.7 Å². The fraction of sp³-hybridized carbons (Fsp3) is 0.833. The van der Waals surface area contributed by atoms with E-state index in [1.54, 1.807) is 0 Å². The summed E-state index contributed by atoms with van der Waals surface area (Å²) in [4.78, 5) is 23.0. The van der Waals surface area contributed by atoms with E-state index in [2.05, 4.69) is 10.6 Å². The monoisotopic (exact) mass is 272 g/mol. The van der Waals surface area contributed by atoms with E-state index in [0.29, 0.717) is 0 Å². The van der Waals surface area contributed by atoms with Gasteiger partial charge in [0, 0.05) is 0 Å². The van der Waals surface area contributed by atoms with E-state index in [9.17, 15) is 14.7 Å². The molecule has 7 nitrogen and oxygen atoms in total. The van der Waals surface area contributed by atoms with Gasteiger partial charge in [-0.15, -0.1) is 0 Å². The number of hydrogen-bond acceptors (Lipinski definition) is 7. The zero-order valence-corrected chi connectivity index (χ0v) is 10.8. The van der Waals surface area contributed by atoms with Crippen LogP contribution in [0.2, 0.25) is 0 Å². The van der Waals surface area contributed by atoms with E-state index in [0.717, 1.165) is 38.8 Å². The van der Waals surface area contributed by atoms with Gasteiger partial charge < -0.3 is 14.6 Å². The van der Waals surface area contributed by atoms with Crippen LogP contribution in [0.1, 0.15) is 32.1 Å². The highest BCUT2D eigenvalue weighted by molar-refractivity contribution is 5.81. The summed E-state index contributed by atoms with van der Waals surface area (Å²) in [7, 11) is 0. The second-order valence-corrected chi connectivity index (χ2v) is 4.82. The zero-order chi connectivity index (χ0) is 13.7. The fourth-order valence-corrected chi connectivity index (χ4v) is 2.17. The van der Waals surface area contributed by atoms with E-state index in [1.807, 2.05) is 0 Å². The molecule has 2 aliphatic heterocycles. The molecule has 2 fully saturated rings. The summed E-state index contributed by atoms with van der Waals surface area (Å²) in [6, 6.07) is 0. The first-order valence-electron chi connectivity index (χ1n) is 6.70. The average molecular weight is 272 g/mol. The molecule has 3 atom stereocenters. The molecule has 0 aromatic heterocycles. The maximum atomic E-state index is 11.5. The van der Waals surface area contributed by atoms with Crippen LogP contribution in [0.15, 0.2) is 0 Å². The summed E-state index contributed by atoms with van der Waals surface area (Å²) >= 11 is 0. The summed E-state index contributed by atoms with van der Waals surface area (Å²) in [5.41, 5.74) is 0. The lowest BCUT2D eigenvalue weighted by Gasteiger charge is -2.16. The molecule has 3 N–H and O–H groups in total. The molecular formula is C12H20N2O5. The van der Waals surface area contributed by atoms with Crippen LogP contribution >= 0.6 is 0 Å². The number of carbonyl (C=O) groups is 2. The van der Waals surface area contributed by atoms with E-state index in [1.165, 1.54) is 0 Å². The third-order valence-corrected chi connectivity index (χ3v) is 3.19. The van der Waals surface area contributed by atoms with Gasteiger partial charge in [-0.3, -0.25) is 15.4 Å². The van der Waals surface area contributed by atoms with Gasteiger partial charge in [0.2, 0.25) is 0 Å². The van der Waals surface area contributed by atoms with Crippen molar-refractivity contribution in [2.75, 3.05) is 13.1 Å². The van der Waals surface area contributed by atoms with Crippen molar-refractivity contribution in [1.82, 2.24) is 10.6 Å². The smallest absolute Gasteiger partial charge is 0.337 e. The number of hydrogen-bond donors (Lipinski definition) is 3. The van der Waals surface area contributed by atoms with Crippen LogP contribution in [0.25, 0.3) is 0 Å². The van der Waals surface area contributed by atoms with Gasteiger partial charge in [-0.25, -0.2) is 4.79 Å². The van der Waals surface area contributed by atoms with Crippen molar-refractivity contribution in [3.05, 3.63) is 0 Å². The van der Waals surface area contributed by atoms with Crippen LogP contribution in [0.3, 0.4) is 0 Å². The Morgan fingerprint density at radius 3 is 2.21 bits per heavy atom. The molecular weight excluding hydrogens is 252 g/mol. The molecule has 0 aromatic rings. The SMILES string of the molecule is O=C(CC(O)C(=O)OC1CCCN1)OC1CCCN1. The second-order valence-electron chi connectivity index (χ2n) is 4.82. The van der Waals surface area contributed by atoms with Crippen molar-refractivity contribution in [2.45, 2.75) is 50.7 Å². The Balaban J connectivity index is 1.68. The molecule has 7 heteroatoms. The van der Waals surface area contributed by atoms with Crippen molar-refractivity contribution in [1.29, 1.82) is 0 Å². The second kappa shape index (κ2) is 6.83. The van der Waals surface area contributed by atoms with Crippen LogP contribution in [0, 0.1) is 0 Å². The molecule has 0 radical (unpaired) electrons. The molecule has 0 aromatic carbocycles. The highest BCUT2D eigenvalue weighted by Crippen LogP contribution is 2.11. The number of aliphatic hydroxyl groups is 1. The number of rotatable bonds is 5. The first kappa shape index (κ1) is 14.2. The highest BCUT2D eigenvalue weighted by Gasteiger charge is 2.27. The van der Waals surface area contributed by atoms with Gasteiger partial charge in [0.05, 0.1) is 6.42 Å². The Morgan fingerprint density at radius 1 is 1.11 bits per heavy atom. The Labute approximate surface area is 111 Å². The van der Waals surface area contributed by atoms with Gasteiger partial charge in [0.1, 0.15) is 0 Å². The molecule has 2 aliphatic rings. The first-order chi connectivity index (χ1) is 9.15. The van der Waals surface area contributed by atoms with Gasteiger partial charge in [-0.05, 0) is 38.8 Å². The molecule has 0 spiro atoms. The van der Waals surface area contributed by atoms with E-state index < -0.39 is 18.0 Å². The normalized spacial score (nSPS) is 28.1. The summed E-state index contributed by atoms with van der Waals surface area (Å²) in [6.45, 7) is 1.61. The Hall–Kier alpha value is -1.18. The lowest BCUT2D eigenvalue weighted by molar-refractivity contribution is -0.166. The molecule has 2 saturated heterocycles. The Morgan fingerprint density at radius 2 is 1.68 bits per heavy atom. The molecule has 2 rings (SSSR count). The van der Waals surface area contributed by atoms with E-state index in [4.69, 9.17) is 9.47 Å². The van der Waals surface area contributed by atoms with Crippen molar-refractivity contribution in [2.24, 2.45) is 0 Å².